The molecule has 0 aliphatic carbocycles. The fraction of sp³-hybridized carbons (Fsp3) is 0.538. The Balaban J connectivity index is 2.10. The van der Waals surface area contributed by atoms with Gasteiger partial charge in [-0.3, -0.25) is 4.90 Å². The van der Waals surface area contributed by atoms with Gasteiger partial charge in [-0.05, 0) is 24.9 Å². The lowest BCUT2D eigenvalue weighted by Gasteiger charge is -2.25. The van der Waals surface area contributed by atoms with Crippen LogP contribution in [0.2, 0.25) is 0 Å². The summed E-state index contributed by atoms with van der Waals surface area (Å²) < 4.78 is 26.3. The van der Waals surface area contributed by atoms with Gasteiger partial charge in [-0.15, -0.1) is 0 Å². The Morgan fingerprint density at radius 2 is 2.18 bits per heavy atom. The topological polar surface area (TPSA) is 29.3 Å². The molecule has 4 heteroatoms. The highest BCUT2D eigenvalue weighted by molar-refractivity contribution is 5.18. The molecule has 0 amide bonds. The Hall–Kier alpha value is -1.00. The predicted molar refractivity (Wildman–Crippen MR) is 63.4 cm³/mol. The number of benzene rings is 1. The van der Waals surface area contributed by atoms with Gasteiger partial charge in [0.25, 0.3) is 0 Å². The molecule has 1 aliphatic rings. The predicted octanol–water partition coefficient (Wildman–Crippen LogP) is 2.13. The number of rotatable bonds is 3. The van der Waals surface area contributed by atoms with Gasteiger partial charge >= 0.3 is 0 Å². The van der Waals surface area contributed by atoms with Gasteiger partial charge in [0.2, 0.25) is 0 Å². The maximum absolute atomic E-state index is 13.5. The highest BCUT2D eigenvalue weighted by Gasteiger charge is 2.30. The fourth-order valence-electron chi connectivity index (χ4n) is 2.53. The van der Waals surface area contributed by atoms with Crippen molar-refractivity contribution < 1.29 is 8.78 Å². The highest BCUT2D eigenvalue weighted by atomic mass is 19.1. The Kier molecular flexibility index (Phi) is 3.74. The van der Waals surface area contributed by atoms with Crippen LogP contribution < -0.4 is 5.73 Å². The van der Waals surface area contributed by atoms with Crippen LogP contribution >= 0.6 is 0 Å². The fourth-order valence-corrected chi connectivity index (χ4v) is 2.53. The van der Waals surface area contributed by atoms with E-state index < -0.39 is 11.6 Å². The summed E-state index contributed by atoms with van der Waals surface area (Å²) in [5.74, 6) is -0.458. The molecule has 1 heterocycles. The van der Waals surface area contributed by atoms with Crippen molar-refractivity contribution in [2.45, 2.75) is 25.9 Å². The molecular formula is C13H18F2N2. The first kappa shape index (κ1) is 12.5. The molecule has 1 aromatic rings. The number of likely N-dealkylation sites (tertiary alicyclic amines) is 1. The van der Waals surface area contributed by atoms with Crippen molar-refractivity contribution in [3.8, 4) is 0 Å². The second-order valence-electron chi connectivity index (χ2n) is 4.78. The molecule has 0 spiro atoms. The smallest absolute Gasteiger partial charge is 0.130 e. The molecule has 1 saturated heterocycles. The van der Waals surface area contributed by atoms with Crippen molar-refractivity contribution in [1.29, 1.82) is 0 Å². The van der Waals surface area contributed by atoms with Crippen molar-refractivity contribution in [3.05, 3.63) is 35.4 Å². The zero-order valence-electron chi connectivity index (χ0n) is 10.00. The van der Waals surface area contributed by atoms with Crippen LogP contribution in [-0.2, 0) is 6.54 Å². The third kappa shape index (κ3) is 2.64. The summed E-state index contributed by atoms with van der Waals surface area (Å²) in [5.41, 5.74) is 6.28. The maximum atomic E-state index is 13.5. The third-order valence-electron chi connectivity index (χ3n) is 3.63. The summed E-state index contributed by atoms with van der Waals surface area (Å²) in [4.78, 5) is 2.18. The van der Waals surface area contributed by atoms with E-state index in [1.54, 1.807) is 0 Å². The highest BCUT2D eigenvalue weighted by Crippen LogP contribution is 2.25. The SMILES string of the molecule is CC1CCN(Cc2ccc(F)cc2F)C1CN. The largest absolute Gasteiger partial charge is 0.329 e. The van der Waals surface area contributed by atoms with Crippen molar-refractivity contribution in [1.82, 2.24) is 4.90 Å². The van der Waals surface area contributed by atoms with Crippen molar-refractivity contribution >= 4 is 0 Å². The van der Waals surface area contributed by atoms with Gasteiger partial charge in [-0.1, -0.05) is 13.0 Å². The monoisotopic (exact) mass is 240 g/mol. The Bertz CT molecular complexity index is 395. The lowest BCUT2D eigenvalue weighted by atomic mass is 10.0. The molecule has 1 aliphatic heterocycles. The van der Waals surface area contributed by atoms with Gasteiger partial charge in [0.1, 0.15) is 11.6 Å². The molecule has 2 rings (SSSR count). The van der Waals surface area contributed by atoms with Gasteiger partial charge in [-0.25, -0.2) is 8.78 Å². The zero-order valence-corrected chi connectivity index (χ0v) is 10.00. The minimum Gasteiger partial charge on any atom is -0.329 e. The molecule has 2 N–H and O–H groups in total. The van der Waals surface area contributed by atoms with Crippen LogP contribution in [0.1, 0.15) is 18.9 Å². The van der Waals surface area contributed by atoms with E-state index in [0.717, 1.165) is 19.0 Å². The summed E-state index contributed by atoms with van der Waals surface area (Å²) in [7, 11) is 0. The summed E-state index contributed by atoms with van der Waals surface area (Å²) in [6.07, 6.45) is 1.09. The summed E-state index contributed by atoms with van der Waals surface area (Å²) in [6, 6.07) is 4.06. The van der Waals surface area contributed by atoms with Gasteiger partial charge in [-0.2, -0.15) is 0 Å². The molecule has 2 nitrogen and oxygen atoms in total. The van der Waals surface area contributed by atoms with E-state index in [4.69, 9.17) is 5.73 Å². The number of hydrogen-bond acceptors (Lipinski definition) is 2. The van der Waals surface area contributed by atoms with Crippen molar-refractivity contribution in [3.63, 3.8) is 0 Å². The normalized spacial score (nSPS) is 25.4. The Morgan fingerprint density at radius 3 is 2.82 bits per heavy atom. The van der Waals surface area contributed by atoms with Gasteiger partial charge in [0.05, 0.1) is 0 Å². The molecular weight excluding hydrogens is 222 g/mol. The van der Waals surface area contributed by atoms with E-state index in [2.05, 4.69) is 11.8 Å². The minimum absolute atomic E-state index is 0.305. The number of hydrogen-bond donors (Lipinski definition) is 1. The standard InChI is InChI=1S/C13H18F2N2/c1-9-4-5-17(13(9)7-16)8-10-2-3-11(14)6-12(10)15/h2-3,6,9,13H,4-5,7-8,16H2,1H3. The molecule has 2 unspecified atom stereocenters. The molecule has 0 aromatic heterocycles. The van der Waals surface area contributed by atoms with Crippen LogP contribution in [0.3, 0.4) is 0 Å². The minimum atomic E-state index is -0.531. The van der Waals surface area contributed by atoms with Gasteiger partial charge < -0.3 is 5.73 Å². The lowest BCUT2D eigenvalue weighted by molar-refractivity contribution is 0.225. The summed E-state index contributed by atoms with van der Waals surface area (Å²) in [6.45, 7) is 4.20. The second-order valence-corrected chi connectivity index (χ2v) is 4.78. The quantitative estimate of drug-likeness (QED) is 0.877. The summed E-state index contributed by atoms with van der Waals surface area (Å²) in [5, 5.41) is 0. The average Bonchev–Trinajstić information content (AvgIpc) is 2.63. The molecule has 94 valence electrons. The average molecular weight is 240 g/mol. The van der Waals surface area contributed by atoms with E-state index >= 15 is 0 Å². The van der Waals surface area contributed by atoms with E-state index in [1.807, 2.05) is 0 Å². The first-order valence-electron chi connectivity index (χ1n) is 6.00. The van der Waals surface area contributed by atoms with Gasteiger partial charge in [0, 0.05) is 30.8 Å². The first-order valence-corrected chi connectivity index (χ1v) is 6.00. The third-order valence-corrected chi connectivity index (χ3v) is 3.63. The van der Waals surface area contributed by atoms with Crippen molar-refractivity contribution in [2.24, 2.45) is 11.7 Å². The maximum Gasteiger partial charge on any atom is 0.130 e. The molecule has 2 atom stereocenters. The molecule has 0 radical (unpaired) electrons. The van der Waals surface area contributed by atoms with Crippen LogP contribution in [0.5, 0.6) is 0 Å². The second kappa shape index (κ2) is 5.10. The van der Waals surface area contributed by atoms with Crippen LogP contribution in [-0.4, -0.2) is 24.0 Å². The molecule has 17 heavy (non-hydrogen) atoms. The van der Waals surface area contributed by atoms with Crippen LogP contribution in [0.4, 0.5) is 8.78 Å². The van der Waals surface area contributed by atoms with Crippen molar-refractivity contribution in [2.75, 3.05) is 13.1 Å². The van der Waals surface area contributed by atoms with E-state index in [-0.39, 0.29) is 0 Å². The Morgan fingerprint density at radius 1 is 1.41 bits per heavy atom. The van der Waals surface area contributed by atoms with E-state index in [0.29, 0.717) is 30.6 Å². The van der Waals surface area contributed by atoms with E-state index in [9.17, 15) is 8.78 Å². The molecule has 1 fully saturated rings. The summed E-state index contributed by atoms with van der Waals surface area (Å²) >= 11 is 0. The molecule has 0 bridgehead atoms. The number of nitrogens with zero attached hydrogens (tertiary/aromatic N) is 1. The van der Waals surface area contributed by atoms with Crippen LogP contribution in [0.25, 0.3) is 0 Å². The van der Waals surface area contributed by atoms with Gasteiger partial charge in [0.15, 0.2) is 0 Å². The zero-order chi connectivity index (χ0) is 12.4. The molecule has 1 aromatic carbocycles. The lowest BCUT2D eigenvalue weighted by Crippen LogP contribution is -2.38. The molecule has 0 saturated carbocycles. The van der Waals surface area contributed by atoms with E-state index in [1.165, 1.54) is 12.1 Å². The van der Waals surface area contributed by atoms with Crippen LogP contribution in [0, 0.1) is 17.6 Å². The van der Waals surface area contributed by atoms with Crippen LogP contribution in [0.15, 0.2) is 18.2 Å². The number of halogens is 2. The first-order chi connectivity index (χ1) is 8.11. The Labute approximate surface area is 100 Å². The number of nitrogens with two attached hydrogens (primary N) is 1.